The van der Waals surface area contributed by atoms with Crippen molar-refractivity contribution in [2.45, 2.75) is 6.92 Å². The molecule has 0 radical (unpaired) electrons. The Morgan fingerprint density at radius 3 is 2.62 bits per heavy atom. The van der Waals surface area contributed by atoms with Crippen molar-refractivity contribution >= 4 is 11.7 Å². The molecule has 0 aliphatic heterocycles. The van der Waals surface area contributed by atoms with Crippen LogP contribution in [0, 0.1) is 11.3 Å². The number of hydrogen-bond acceptors (Lipinski definition) is 5. The average Bonchev–Trinajstić information content (AvgIpc) is 2.50. The van der Waals surface area contributed by atoms with E-state index in [1.54, 1.807) is 49.4 Å². The smallest absolute Gasteiger partial charge is 0.340 e. The molecule has 0 saturated heterocycles. The molecule has 2 rings (SSSR count). The summed E-state index contributed by atoms with van der Waals surface area (Å²) in [6.07, 6.45) is 0. The third-order valence-electron chi connectivity index (χ3n) is 2.79. The van der Waals surface area contributed by atoms with Crippen LogP contribution in [-0.2, 0) is 4.74 Å². The zero-order chi connectivity index (χ0) is 15.2. The maximum absolute atomic E-state index is 11.8. The molecule has 0 unspecified atom stereocenters. The van der Waals surface area contributed by atoms with Crippen LogP contribution in [0.25, 0.3) is 0 Å². The third-order valence-corrected chi connectivity index (χ3v) is 2.79. The second-order valence-electron chi connectivity index (χ2n) is 4.15. The molecule has 0 amide bonds. The van der Waals surface area contributed by atoms with Crippen molar-refractivity contribution in [1.29, 1.82) is 5.26 Å². The van der Waals surface area contributed by atoms with Gasteiger partial charge in [-0.25, -0.2) is 4.79 Å². The Bertz CT molecular complexity index is 705. The largest absolute Gasteiger partial charge is 0.462 e. The van der Waals surface area contributed by atoms with E-state index in [2.05, 4.69) is 0 Å². The van der Waals surface area contributed by atoms with Gasteiger partial charge in [0.15, 0.2) is 5.75 Å². The SMILES string of the molecule is CCOC(=O)c1cccc(Oc2ccccc2C#N)c1N. The Balaban J connectivity index is 2.36. The minimum Gasteiger partial charge on any atom is -0.462 e. The van der Waals surface area contributed by atoms with Gasteiger partial charge in [-0.15, -0.1) is 0 Å². The zero-order valence-electron chi connectivity index (χ0n) is 11.5. The molecule has 0 spiro atoms. The number of nitrogens with zero attached hydrogens (tertiary/aromatic N) is 1. The van der Waals surface area contributed by atoms with Crippen LogP contribution in [0.5, 0.6) is 11.5 Å². The highest BCUT2D eigenvalue weighted by atomic mass is 16.5. The van der Waals surface area contributed by atoms with Crippen molar-refractivity contribution in [2.24, 2.45) is 0 Å². The number of carbonyl (C=O) groups is 1. The summed E-state index contributed by atoms with van der Waals surface area (Å²) in [4.78, 5) is 11.8. The summed E-state index contributed by atoms with van der Waals surface area (Å²) >= 11 is 0. The predicted octanol–water partition coefficient (Wildman–Crippen LogP) is 3.11. The maximum Gasteiger partial charge on any atom is 0.340 e. The lowest BCUT2D eigenvalue weighted by atomic mass is 10.1. The van der Waals surface area contributed by atoms with Crippen molar-refractivity contribution in [3.63, 3.8) is 0 Å². The molecule has 2 aromatic rings. The van der Waals surface area contributed by atoms with E-state index in [1.165, 1.54) is 0 Å². The second-order valence-corrected chi connectivity index (χ2v) is 4.15. The lowest BCUT2D eigenvalue weighted by Crippen LogP contribution is -2.08. The summed E-state index contributed by atoms with van der Waals surface area (Å²) < 4.78 is 10.6. The van der Waals surface area contributed by atoms with Gasteiger partial charge in [-0.05, 0) is 31.2 Å². The minimum absolute atomic E-state index is 0.184. The molecule has 0 aromatic heterocycles. The number of benzene rings is 2. The summed E-state index contributed by atoms with van der Waals surface area (Å²) in [7, 11) is 0. The first-order valence-electron chi connectivity index (χ1n) is 6.40. The van der Waals surface area contributed by atoms with Gasteiger partial charge in [-0.2, -0.15) is 5.26 Å². The van der Waals surface area contributed by atoms with Gasteiger partial charge in [0.1, 0.15) is 11.8 Å². The standard InChI is InChI=1S/C16H14N2O3/c1-2-20-16(19)12-7-5-9-14(15(12)18)21-13-8-4-3-6-11(13)10-17/h3-9H,2,18H2,1H3. The number of nitriles is 1. The molecule has 0 aliphatic carbocycles. The molecular formula is C16H14N2O3. The molecule has 2 N–H and O–H groups in total. The fourth-order valence-corrected chi connectivity index (χ4v) is 1.79. The minimum atomic E-state index is -0.506. The van der Waals surface area contributed by atoms with Crippen LogP contribution < -0.4 is 10.5 Å². The first-order chi connectivity index (χ1) is 10.2. The van der Waals surface area contributed by atoms with E-state index in [4.69, 9.17) is 20.5 Å². The van der Waals surface area contributed by atoms with Gasteiger partial charge in [0.05, 0.1) is 23.4 Å². The highest BCUT2D eigenvalue weighted by Gasteiger charge is 2.15. The Labute approximate surface area is 122 Å². The zero-order valence-corrected chi connectivity index (χ0v) is 11.5. The van der Waals surface area contributed by atoms with Crippen molar-refractivity contribution in [3.05, 3.63) is 53.6 Å². The van der Waals surface area contributed by atoms with Crippen molar-refractivity contribution in [2.75, 3.05) is 12.3 Å². The normalized spacial score (nSPS) is 9.71. The number of esters is 1. The molecule has 0 fully saturated rings. The first-order valence-corrected chi connectivity index (χ1v) is 6.40. The van der Waals surface area contributed by atoms with Crippen molar-refractivity contribution in [1.82, 2.24) is 0 Å². The maximum atomic E-state index is 11.8. The van der Waals surface area contributed by atoms with Crippen LogP contribution in [-0.4, -0.2) is 12.6 Å². The highest BCUT2D eigenvalue weighted by Crippen LogP contribution is 2.31. The number of nitrogens with two attached hydrogens (primary N) is 1. The van der Waals surface area contributed by atoms with Crippen LogP contribution in [0.4, 0.5) is 5.69 Å². The molecule has 5 nitrogen and oxygen atoms in total. The molecule has 21 heavy (non-hydrogen) atoms. The molecule has 106 valence electrons. The quantitative estimate of drug-likeness (QED) is 0.688. The predicted molar refractivity (Wildman–Crippen MR) is 78.0 cm³/mol. The fourth-order valence-electron chi connectivity index (χ4n) is 1.79. The summed E-state index contributed by atoms with van der Waals surface area (Å²) in [6, 6.07) is 13.7. The Morgan fingerprint density at radius 2 is 1.90 bits per heavy atom. The van der Waals surface area contributed by atoms with Crippen LogP contribution in [0.3, 0.4) is 0 Å². The number of anilines is 1. The highest BCUT2D eigenvalue weighted by molar-refractivity contribution is 5.96. The Kier molecular flexibility index (Phi) is 4.42. The Morgan fingerprint density at radius 1 is 1.19 bits per heavy atom. The molecule has 0 bridgehead atoms. The van der Waals surface area contributed by atoms with E-state index in [9.17, 15) is 4.79 Å². The van der Waals surface area contributed by atoms with Gasteiger partial charge in [-0.3, -0.25) is 0 Å². The van der Waals surface area contributed by atoms with E-state index < -0.39 is 5.97 Å². The number of para-hydroxylation sites is 2. The van der Waals surface area contributed by atoms with Crippen LogP contribution >= 0.6 is 0 Å². The molecule has 0 heterocycles. The summed E-state index contributed by atoms with van der Waals surface area (Å²) in [5.74, 6) is 0.185. The van der Waals surface area contributed by atoms with Gasteiger partial charge in [-0.1, -0.05) is 18.2 Å². The third kappa shape index (κ3) is 3.12. The number of ether oxygens (including phenoxy) is 2. The van der Waals surface area contributed by atoms with Gasteiger partial charge in [0.2, 0.25) is 0 Å². The first kappa shape index (κ1) is 14.4. The lowest BCUT2D eigenvalue weighted by molar-refractivity contribution is 0.0527. The fraction of sp³-hybridized carbons (Fsp3) is 0.125. The molecule has 0 saturated carbocycles. The van der Waals surface area contributed by atoms with Crippen LogP contribution in [0.15, 0.2) is 42.5 Å². The van der Waals surface area contributed by atoms with Gasteiger partial charge in [0, 0.05) is 0 Å². The molecule has 2 aromatic carbocycles. The summed E-state index contributed by atoms with van der Waals surface area (Å²) in [5, 5.41) is 9.04. The molecule has 0 atom stereocenters. The van der Waals surface area contributed by atoms with E-state index >= 15 is 0 Å². The van der Waals surface area contributed by atoms with E-state index in [-0.39, 0.29) is 17.9 Å². The number of rotatable bonds is 4. The molecule has 5 heteroatoms. The van der Waals surface area contributed by atoms with Crippen LogP contribution in [0.1, 0.15) is 22.8 Å². The lowest BCUT2D eigenvalue weighted by Gasteiger charge is -2.12. The second kappa shape index (κ2) is 6.44. The summed E-state index contributed by atoms with van der Waals surface area (Å²) in [5.41, 5.74) is 6.76. The van der Waals surface area contributed by atoms with Gasteiger partial charge >= 0.3 is 5.97 Å². The Hall–Kier alpha value is -3.00. The topological polar surface area (TPSA) is 85.3 Å². The van der Waals surface area contributed by atoms with Crippen LogP contribution in [0.2, 0.25) is 0 Å². The van der Waals surface area contributed by atoms with E-state index in [0.717, 1.165) is 0 Å². The number of carbonyl (C=O) groups excluding carboxylic acids is 1. The monoisotopic (exact) mass is 282 g/mol. The average molecular weight is 282 g/mol. The number of hydrogen-bond donors (Lipinski definition) is 1. The van der Waals surface area contributed by atoms with Crippen molar-refractivity contribution < 1.29 is 14.3 Å². The van der Waals surface area contributed by atoms with Crippen molar-refractivity contribution in [3.8, 4) is 17.6 Å². The molecule has 0 aliphatic rings. The van der Waals surface area contributed by atoms with Gasteiger partial charge < -0.3 is 15.2 Å². The van der Waals surface area contributed by atoms with E-state index in [0.29, 0.717) is 17.1 Å². The van der Waals surface area contributed by atoms with Gasteiger partial charge in [0.25, 0.3) is 0 Å². The molecular weight excluding hydrogens is 268 g/mol. The number of nitrogen functional groups attached to an aromatic ring is 1. The summed E-state index contributed by atoms with van der Waals surface area (Å²) in [6.45, 7) is 1.98. The van der Waals surface area contributed by atoms with E-state index in [1.807, 2.05) is 6.07 Å².